The molecule has 0 unspecified atom stereocenters. The number of nitrogen functional groups attached to an aromatic ring is 1. The van der Waals surface area contributed by atoms with E-state index in [9.17, 15) is 14.3 Å². The number of hydrogen-bond acceptors (Lipinski definition) is 5. The van der Waals surface area contributed by atoms with Crippen molar-refractivity contribution in [2.45, 2.75) is 0 Å². The number of thiazole rings is 1. The van der Waals surface area contributed by atoms with Crippen molar-refractivity contribution in [3.05, 3.63) is 47.8 Å². The van der Waals surface area contributed by atoms with Crippen molar-refractivity contribution >= 4 is 44.0 Å². The van der Waals surface area contributed by atoms with Gasteiger partial charge in [0.2, 0.25) is 0 Å². The van der Waals surface area contributed by atoms with Crippen LogP contribution in [0.15, 0.2) is 36.4 Å². The highest BCUT2D eigenvalue weighted by atomic mass is 32.1. The van der Waals surface area contributed by atoms with E-state index in [0.717, 1.165) is 16.3 Å². The van der Waals surface area contributed by atoms with E-state index in [-0.39, 0.29) is 11.3 Å². The molecule has 21 heavy (non-hydrogen) atoms. The number of aromatic nitrogens is 1. The number of benzene rings is 2. The highest BCUT2D eigenvalue weighted by Crippen LogP contribution is 2.31. The summed E-state index contributed by atoms with van der Waals surface area (Å²) in [7, 11) is 0. The molecule has 0 saturated heterocycles. The van der Waals surface area contributed by atoms with Gasteiger partial charge in [-0.05, 0) is 24.3 Å². The van der Waals surface area contributed by atoms with Crippen LogP contribution in [0, 0.1) is 5.82 Å². The quantitative estimate of drug-likeness (QED) is 0.645. The lowest BCUT2D eigenvalue weighted by atomic mass is 10.1. The number of anilines is 3. The Balaban J connectivity index is 2.05. The first-order chi connectivity index (χ1) is 10.1. The molecule has 1 heterocycles. The third-order valence-electron chi connectivity index (χ3n) is 2.94. The molecule has 2 aromatic carbocycles. The molecular weight excluding hydrogens is 293 g/mol. The number of nitrogens with zero attached hydrogens (tertiary/aromatic N) is 1. The van der Waals surface area contributed by atoms with Gasteiger partial charge in [-0.1, -0.05) is 23.5 Å². The molecule has 0 amide bonds. The van der Waals surface area contributed by atoms with Crippen LogP contribution in [0.25, 0.3) is 10.2 Å². The van der Waals surface area contributed by atoms with E-state index in [1.54, 1.807) is 0 Å². The highest BCUT2D eigenvalue weighted by Gasteiger charge is 2.18. The van der Waals surface area contributed by atoms with Crippen LogP contribution in [-0.4, -0.2) is 16.1 Å². The summed E-state index contributed by atoms with van der Waals surface area (Å²) in [5, 5.41) is 12.6. The molecule has 0 saturated carbocycles. The van der Waals surface area contributed by atoms with Crippen molar-refractivity contribution in [2.24, 2.45) is 0 Å². The topological polar surface area (TPSA) is 88.2 Å². The summed E-state index contributed by atoms with van der Waals surface area (Å²) in [6.45, 7) is 0. The maximum atomic E-state index is 13.4. The lowest BCUT2D eigenvalue weighted by Gasteiger charge is -2.09. The minimum atomic E-state index is -1.30. The van der Waals surface area contributed by atoms with E-state index in [1.807, 2.05) is 24.3 Å². The second-order valence-electron chi connectivity index (χ2n) is 4.30. The Morgan fingerprint density at radius 3 is 2.76 bits per heavy atom. The molecule has 5 nitrogen and oxygen atoms in total. The maximum Gasteiger partial charge on any atom is 0.340 e. The fraction of sp³-hybridized carbons (Fsp3) is 0. The van der Waals surface area contributed by atoms with Gasteiger partial charge in [0.1, 0.15) is 11.4 Å². The summed E-state index contributed by atoms with van der Waals surface area (Å²) in [6, 6.07) is 9.98. The third kappa shape index (κ3) is 2.38. The first-order valence-corrected chi connectivity index (χ1v) is 6.82. The third-order valence-corrected chi connectivity index (χ3v) is 3.89. The zero-order valence-electron chi connectivity index (χ0n) is 10.6. The molecule has 0 atom stereocenters. The minimum Gasteiger partial charge on any atom is -0.478 e. The predicted molar refractivity (Wildman–Crippen MR) is 80.7 cm³/mol. The van der Waals surface area contributed by atoms with Crippen molar-refractivity contribution in [3.8, 4) is 0 Å². The molecule has 0 aliphatic heterocycles. The van der Waals surface area contributed by atoms with Crippen LogP contribution in [0.4, 0.5) is 20.9 Å². The van der Waals surface area contributed by atoms with Crippen molar-refractivity contribution in [3.63, 3.8) is 0 Å². The Morgan fingerprint density at radius 1 is 1.29 bits per heavy atom. The summed E-state index contributed by atoms with van der Waals surface area (Å²) in [5.74, 6) is -2.06. The average Bonchev–Trinajstić information content (AvgIpc) is 2.85. The molecule has 3 aromatic rings. The molecule has 0 bridgehead atoms. The van der Waals surface area contributed by atoms with Gasteiger partial charge in [-0.25, -0.2) is 14.2 Å². The Hall–Kier alpha value is -2.67. The van der Waals surface area contributed by atoms with Gasteiger partial charge in [-0.2, -0.15) is 0 Å². The summed E-state index contributed by atoms with van der Waals surface area (Å²) in [4.78, 5) is 15.6. The Morgan fingerprint density at radius 2 is 2.05 bits per heavy atom. The fourth-order valence-corrected chi connectivity index (χ4v) is 2.85. The minimum absolute atomic E-state index is 0.209. The number of nitrogens with one attached hydrogen (secondary N) is 1. The number of para-hydroxylation sites is 1. The normalized spacial score (nSPS) is 10.7. The largest absolute Gasteiger partial charge is 0.478 e. The number of hydrogen-bond donors (Lipinski definition) is 3. The number of rotatable bonds is 3. The second-order valence-corrected chi connectivity index (χ2v) is 5.33. The van der Waals surface area contributed by atoms with Crippen molar-refractivity contribution in [1.29, 1.82) is 0 Å². The number of carbonyl (C=O) groups is 1. The summed E-state index contributed by atoms with van der Waals surface area (Å²) < 4.78 is 14.4. The van der Waals surface area contributed by atoms with Crippen LogP contribution in [0.3, 0.4) is 0 Å². The van der Waals surface area contributed by atoms with Crippen LogP contribution in [0.2, 0.25) is 0 Å². The van der Waals surface area contributed by atoms with Crippen LogP contribution in [0.1, 0.15) is 10.4 Å². The van der Waals surface area contributed by atoms with Gasteiger partial charge in [0.15, 0.2) is 5.13 Å². The first kappa shape index (κ1) is 13.3. The number of carboxylic acids is 1. The number of halogens is 1. The molecular formula is C14H10FN3O2S. The van der Waals surface area contributed by atoms with E-state index in [1.165, 1.54) is 17.4 Å². The standard InChI is InChI=1S/C14H10FN3O2S/c15-7-5-6-9(11(12(7)16)13(19)20)18-14-17-8-3-1-2-4-10(8)21-14/h1-6H,16H2,(H,17,18)(H,19,20). The Bertz CT molecular complexity index is 814. The van der Waals surface area contributed by atoms with Crippen molar-refractivity contribution < 1.29 is 14.3 Å². The second kappa shape index (κ2) is 5.02. The van der Waals surface area contributed by atoms with E-state index < -0.39 is 17.5 Å². The zero-order chi connectivity index (χ0) is 15.0. The molecule has 0 spiro atoms. The molecule has 0 radical (unpaired) electrons. The van der Waals surface area contributed by atoms with Gasteiger partial charge in [0.05, 0.1) is 21.6 Å². The first-order valence-electron chi connectivity index (χ1n) is 6.00. The molecule has 7 heteroatoms. The molecule has 4 N–H and O–H groups in total. The van der Waals surface area contributed by atoms with Gasteiger partial charge < -0.3 is 16.2 Å². The van der Waals surface area contributed by atoms with E-state index in [0.29, 0.717) is 5.13 Å². The van der Waals surface area contributed by atoms with Crippen LogP contribution in [0.5, 0.6) is 0 Å². The van der Waals surface area contributed by atoms with Gasteiger partial charge in [-0.3, -0.25) is 0 Å². The zero-order valence-corrected chi connectivity index (χ0v) is 11.4. The maximum absolute atomic E-state index is 13.4. The molecule has 0 fully saturated rings. The molecule has 0 aliphatic rings. The summed E-state index contributed by atoms with van der Waals surface area (Å²) in [6.07, 6.45) is 0. The monoisotopic (exact) mass is 303 g/mol. The van der Waals surface area contributed by atoms with Gasteiger partial charge in [-0.15, -0.1) is 0 Å². The fourth-order valence-electron chi connectivity index (χ4n) is 1.97. The van der Waals surface area contributed by atoms with E-state index in [4.69, 9.17) is 5.73 Å². The highest BCUT2D eigenvalue weighted by molar-refractivity contribution is 7.22. The van der Waals surface area contributed by atoms with Crippen LogP contribution >= 0.6 is 11.3 Å². The lowest BCUT2D eigenvalue weighted by Crippen LogP contribution is -2.08. The lowest BCUT2D eigenvalue weighted by molar-refractivity contribution is 0.0698. The average molecular weight is 303 g/mol. The predicted octanol–water partition coefficient (Wildman–Crippen LogP) is 3.46. The van der Waals surface area contributed by atoms with Crippen molar-refractivity contribution in [2.75, 3.05) is 11.1 Å². The molecule has 3 rings (SSSR count). The van der Waals surface area contributed by atoms with Gasteiger partial charge >= 0.3 is 5.97 Å². The Labute approximate surface area is 122 Å². The summed E-state index contributed by atoms with van der Waals surface area (Å²) in [5.41, 5.74) is 5.82. The number of nitrogens with two attached hydrogens (primary N) is 1. The van der Waals surface area contributed by atoms with Crippen LogP contribution in [-0.2, 0) is 0 Å². The van der Waals surface area contributed by atoms with Gasteiger partial charge in [0, 0.05) is 0 Å². The summed E-state index contributed by atoms with van der Waals surface area (Å²) >= 11 is 1.37. The van der Waals surface area contributed by atoms with Gasteiger partial charge in [0.25, 0.3) is 0 Å². The van der Waals surface area contributed by atoms with E-state index >= 15 is 0 Å². The Kier molecular flexibility index (Phi) is 3.19. The number of fused-ring (bicyclic) bond motifs is 1. The molecule has 106 valence electrons. The number of carboxylic acid groups (broad SMARTS) is 1. The SMILES string of the molecule is Nc1c(F)ccc(Nc2nc3ccccc3s2)c1C(=O)O. The van der Waals surface area contributed by atoms with Crippen LogP contribution < -0.4 is 11.1 Å². The number of aromatic carboxylic acids is 1. The smallest absolute Gasteiger partial charge is 0.340 e. The molecule has 0 aliphatic carbocycles. The molecule has 1 aromatic heterocycles. The van der Waals surface area contributed by atoms with Crippen molar-refractivity contribution in [1.82, 2.24) is 4.98 Å². The van der Waals surface area contributed by atoms with E-state index in [2.05, 4.69) is 10.3 Å².